The third-order valence-electron chi connectivity index (χ3n) is 3.86. The summed E-state index contributed by atoms with van der Waals surface area (Å²) >= 11 is 0. The maximum atomic E-state index is 12.6. The molecule has 112 valence electrons. The molecular weight excluding hydrogens is 276 g/mol. The van der Waals surface area contributed by atoms with Gasteiger partial charge in [-0.05, 0) is 49.9 Å². The van der Waals surface area contributed by atoms with Crippen LogP contribution in [0.3, 0.4) is 0 Å². The Morgan fingerprint density at radius 1 is 1.35 bits per heavy atom. The molecule has 1 aromatic carbocycles. The molecule has 1 heterocycles. The molecule has 20 heavy (non-hydrogen) atoms. The van der Waals surface area contributed by atoms with E-state index in [0.717, 1.165) is 12.8 Å². The Labute approximate surface area is 120 Å². The van der Waals surface area contributed by atoms with Crippen LogP contribution in [0.5, 0.6) is 5.75 Å². The number of hydrogen-bond donors (Lipinski definition) is 1. The SMILES string of the molecule is COc1ccc(S(=O)(=O)N2CCC[C@@H]([C@@H](C)N)C2)cc1. The predicted molar refractivity (Wildman–Crippen MR) is 78.1 cm³/mol. The number of nitrogens with zero attached hydrogens (tertiary/aromatic N) is 1. The fourth-order valence-electron chi connectivity index (χ4n) is 2.52. The number of ether oxygens (including phenoxy) is 1. The highest BCUT2D eigenvalue weighted by Gasteiger charge is 2.31. The van der Waals surface area contributed by atoms with Gasteiger partial charge in [0, 0.05) is 19.1 Å². The molecule has 0 unspecified atom stereocenters. The standard InChI is InChI=1S/C14H22N2O3S/c1-11(15)12-4-3-9-16(10-12)20(17,18)14-7-5-13(19-2)6-8-14/h5-8,11-12H,3-4,9-10,15H2,1-2H3/t11-,12-/m1/s1. The topological polar surface area (TPSA) is 72.6 Å². The zero-order valence-electron chi connectivity index (χ0n) is 12.0. The molecule has 1 aromatic rings. The van der Waals surface area contributed by atoms with E-state index in [4.69, 9.17) is 10.5 Å². The summed E-state index contributed by atoms with van der Waals surface area (Å²) in [4.78, 5) is 0.309. The summed E-state index contributed by atoms with van der Waals surface area (Å²) in [5.41, 5.74) is 5.91. The van der Waals surface area contributed by atoms with Gasteiger partial charge < -0.3 is 10.5 Å². The fraction of sp³-hybridized carbons (Fsp3) is 0.571. The molecule has 1 fully saturated rings. The maximum Gasteiger partial charge on any atom is 0.243 e. The maximum absolute atomic E-state index is 12.6. The molecule has 0 aliphatic carbocycles. The van der Waals surface area contributed by atoms with Crippen LogP contribution < -0.4 is 10.5 Å². The van der Waals surface area contributed by atoms with Crippen molar-refractivity contribution in [2.24, 2.45) is 11.7 Å². The van der Waals surface area contributed by atoms with Crippen LogP contribution in [0.2, 0.25) is 0 Å². The van der Waals surface area contributed by atoms with Gasteiger partial charge in [0.1, 0.15) is 5.75 Å². The first-order valence-corrected chi connectivity index (χ1v) is 8.29. The lowest BCUT2D eigenvalue weighted by Gasteiger charge is -2.33. The van der Waals surface area contributed by atoms with Crippen molar-refractivity contribution in [1.29, 1.82) is 0 Å². The van der Waals surface area contributed by atoms with Crippen LogP contribution in [0.1, 0.15) is 19.8 Å². The monoisotopic (exact) mass is 298 g/mol. The summed E-state index contributed by atoms with van der Waals surface area (Å²) in [6.07, 6.45) is 1.86. The van der Waals surface area contributed by atoms with Gasteiger partial charge in [0.05, 0.1) is 12.0 Å². The van der Waals surface area contributed by atoms with E-state index in [0.29, 0.717) is 23.7 Å². The van der Waals surface area contributed by atoms with Crippen molar-refractivity contribution in [1.82, 2.24) is 4.31 Å². The van der Waals surface area contributed by atoms with Gasteiger partial charge in [0.2, 0.25) is 10.0 Å². The summed E-state index contributed by atoms with van der Waals surface area (Å²) < 4.78 is 31.8. The smallest absolute Gasteiger partial charge is 0.243 e. The number of sulfonamides is 1. The number of benzene rings is 1. The average Bonchev–Trinajstić information content (AvgIpc) is 2.47. The number of piperidine rings is 1. The van der Waals surface area contributed by atoms with Crippen LogP contribution in [0.15, 0.2) is 29.2 Å². The van der Waals surface area contributed by atoms with E-state index in [9.17, 15) is 8.42 Å². The Morgan fingerprint density at radius 3 is 2.55 bits per heavy atom. The molecule has 1 aliphatic heterocycles. The van der Waals surface area contributed by atoms with Crippen molar-refractivity contribution in [2.75, 3.05) is 20.2 Å². The Balaban J connectivity index is 2.20. The first kappa shape index (κ1) is 15.3. The van der Waals surface area contributed by atoms with E-state index >= 15 is 0 Å². The van der Waals surface area contributed by atoms with Gasteiger partial charge in [-0.25, -0.2) is 8.42 Å². The Kier molecular flexibility index (Phi) is 4.67. The number of rotatable bonds is 4. The summed E-state index contributed by atoms with van der Waals surface area (Å²) in [6, 6.07) is 6.52. The van der Waals surface area contributed by atoms with Gasteiger partial charge in [-0.15, -0.1) is 0 Å². The van der Waals surface area contributed by atoms with Gasteiger partial charge in [0.15, 0.2) is 0 Å². The number of hydrogen-bond acceptors (Lipinski definition) is 4. The Morgan fingerprint density at radius 2 is 2.00 bits per heavy atom. The zero-order chi connectivity index (χ0) is 14.8. The minimum atomic E-state index is -3.43. The Hall–Kier alpha value is -1.11. The quantitative estimate of drug-likeness (QED) is 0.913. The lowest BCUT2D eigenvalue weighted by molar-refractivity contribution is 0.243. The second-order valence-electron chi connectivity index (χ2n) is 5.30. The summed E-state index contributed by atoms with van der Waals surface area (Å²) in [6.45, 7) is 3.01. The Bertz CT molecular complexity index is 540. The lowest BCUT2D eigenvalue weighted by atomic mass is 9.93. The van der Waals surface area contributed by atoms with Crippen molar-refractivity contribution in [3.8, 4) is 5.75 Å². The second kappa shape index (κ2) is 6.11. The highest BCUT2D eigenvalue weighted by atomic mass is 32.2. The largest absolute Gasteiger partial charge is 0.497 e. The second-order valence-corrected chi connectivity index (χ2v) is 7.24. The van der Waals surface area contributed by atoms with E-state index < -0.39 is 10.0 Å². The van der Waals surface area contributed by atoms with E-state index in [1.807, 2.05) is 6.92 Å². The third-order valence-corrected chi connectivity index (χ3v) is 5.74. The fourth-order valence-corrected chi connectivity index (χ4v) is 4.05. The molecule has 1 saturated heterocycles. The van der Waals surface area contributed by atoms with E-state index in [1.165, 1.54) is 0 Å². The molecule has 1 aliphatic rings. The molecule has 2 atom stereocenters. The average molecular weight is 298 g/mol. The van der Waals surface area contributed by atoms with Crippen LogP contribution in [-0.2, 0) is 10.0 Å². The van der Waals surface area contributed by atoms with Crippen molar-refractivity contribution in [3.63, 3.8) is 0 Å². The van der Waals surface area contributed by atoms with Crippen molar-refractivity contribution in [3.05, 3.63) is 24.3 Å². The normalized spacial score (nSPS) is 22.4. The van der Waals surface area contributed by atoms with Crippen LogP contribution in [0.25, 0.3) is 0 Å². The van der Waals surface area contributed by atoms with Crippen LogP contribution >= 0.6 is 0 Å². The van der Waals surface area contributed by atoms with Gasteiger partial charge in [-0.1, -0.05) is 0 Å². The van der Waals surface area contributed by atoms with Crippen LogP contribution in [-0.4, -0.2) is 39.0 Å². The van der Waals surface area contributed by atoms with Crippen LogP contribution in [0.4, 0.5) is 0 Å². The third kappa shape index (κ3) is 3.13. The summed E-state index contributed by atoms with van der Waals surface area (Å²) in [5.74, 6) is 0.882. The molecule has 2 N–H and O–H groups in total. The zero-order valence-corrected chi connectivity index (χ0v) is 12.8. The van der Waals surface area contributed by atoms with Crippen molar-refractivity contribution >= 4 is 10.0 Å². The van der Waals surface area contributed by atoms with Crippen molar-refractivity contribution in [2.45, 2.75) is 30.7 Å². The first-order chi connectivity index (χ1) is 9.45. The number of nitrogens with two attached hydrogens (primary N) is 1. The molecular formula is C14H22N2O3S. The van der Waals surface area contributed by atoms with Gasteiger partial charge in [0.25, 0.3) is 0 Å². The lowest BCUT2D eigenvalue weighted by Crippen LogP contribution is -2.44. The van der Waals surface area contributed by atoms with E-state index in [2.05, 4.69) is 0 Å². The first-order valence-electron chi connectivity index (χ1n) is 6.85. The van der Waals surface area contributed by atoms with Gasteiger partial charge >= 0.3 is 0 Å². The molecule has 2 rings (SSSR count). The highest BCUT2D eigenvalue weighted by Crippen LogP contribution is 2.26. The summed E-state index contributed by atoms with van der Waals surface area (Å²) in [7, 11) is -1.87. The minimum absolute atomic E-state index is 0.0175. The molecule has 6 heteroatoms. The molecule has 0 aromatic heterocycles. The number of methoxy groups -OCH3 is 1. The van der Waals surface area contributed by atoms with Crippen LogP contribution in [0, 0.1) is 5.92 Å². The predicted octanol–water partition coefficient (Wildman–Crippen LogP) is 1.44. The highest BCUT2D eigenvalue weighted by molar-refractivity contribution is 7.89. The summed E-state index contributed by atoms with van der Waals surface area (Å²) in [5, 5.41) is 0. The van der Waals surface area contributed by atoms with Gasteiger partial charge in [-0.2, -0.15) is 4.31 Å². The molecule has 0 amide bonds. The van der Waals surface area contributed by atoms with Crippen molar-refractivity contribution < 1.29 is 13.2 Å². The molecule has 0 radical (unpaired) electrons. The van der Waals surface area contributed by atoms with E-state index in [1.54, 1.807) is 35.7 Å². The minimum Gasteiger partial charge on any atom is -0.497 e. The molecule has 0 spiro atoms. The molecule has 0 saturated carbocycles. The van der Waals surface area contributed by atoms with Gasteiger partial charge in [-0.3, -0.25) is 0 Å². The molecule has 5 nitrogen and oxygen atoms in total. The molecule has 0 bridgehead atoms. The van der Waals surface area contributed by atoms with E-state index in [-0.39, 0.29) is 12.0 Å².